The van der Waals surface area contributed by atoms with Crippen molar-refractivity contribution in [2.45, 2.75) is 26.3 Å². The Morgan fingerprint density at radius 1 is 1.65 bits per heavy atom. The van der Waals surface area contributed by atoms with Gasteiger partial charge in [0.1, 0.15) is 6.04 Å². The number of hydrogen-bond donors (Lipinski definition) is 2. The lowest BCUT2D eigenvalue weighted by molar-refractivity contribution is -0.141. The van der Waals surface area contributed by atoms with Gasteiger partial charge in [0.2, 0.25) is 5.91 Å². The highest BCUT2D eigenvalue weighted by Gasteiger charge is 2.15. The van der Waals surface area contributed by atoms with E-state index in [4.69, 9.17) is 5.11 Å². The van der Waals surface area contributed by atoms with Gasteiger partial charge in [-0.15, -0.1) is 11.3 Å². The molecule has 1 atom stereocenters. The Morgan fingerprint density at radius 3 is 2.82 bits per heavy atom. The molecule has 1 heterocycles. The summed E-state index contributed by atoms with van der Waals surface area (Å²) in [6.07, 6.45) is 3.21. The Balaban J connectivity index is 2.54. The molecule has 0 aliphatic heterocycles. The fourth-order valence-corrected chi connectivity index (χ4v) is 1.76. The fraction of sp³-hybridized carbons (Fsp3) is 0.364. The standard InChI is InChI=1S/C11H14N2O3S/c1-3-9(11(15)16)13-10(14)5-4-8-6-17-7(2)12-8/h4-6,9H,3H2,1-2H3,(H,13,14)(H,15,16)/t9-/m1/s1. The minimum Gasteiger partial charge on any atom is -0.480 e. The highest BCUT2D eigenvalue weighted by atomic mass is 32.1. The number of carbonyl (C=O) groups excluding carboxylic acids is 1. The zero-order valence-electron chi connectivity index (χ0n) is 9.64. The summed E-state index contributed by atoms with van der Waals surface area (Å²) in [5.41, 5.74) is 0.700. The molecule has 0 aliphatic rings. The fourth-order valence-electron chi connectivity index (χ4n) is 1.18. The summed E-state index contributed by atoms with van der Waals surface area (Å²) in [5.74, 6) is -1.45. The van der Waals surface area contributed by atoms with E-state index in [0.29, 0.717) is 12.1 Å². The van der Waals surface area contributed by atoms with Crippen molar-refractivity contribution in [3.63, 3.8) is 0 Å². The van der Waals surface area contributed by atoms with Crippen LogP contribution in [-0.2, 0) is 9.59 Å². The zero-order chi connectivity index (χ0) is 12.8. The first-order valence-electron chi connectivity index (χ1n) is 5.16. The molecule has 6 heteroatoms. The average molecular weight is 254 g/mol. The van der Waals surface area contributed by atoms with E-state index in [1.807, 2.05) is 12.3 Å². The lowest BCUT2D eigenvalue weighted by atomic mass is 10.2. The van der Waals surface area contributed by atoms with Crippen LogP contribution in [0.1, 0.15) is 24.0 Å². The third kappa shape index (κ3) is 4.36. The highest BCUT2D eigenvalue weighted by Crippen LogP contribution is 2.08. The van der Waals surface area contributed by atoms with Gasteiger partial charge in [0.05, 0.1) is 10.7 Å². The summed E-state index contributed by atoms with van der Waals surface area (Å²) < 4.78 is 0. The number of nitrogens with zero attached hydrogens (tertiary/aromatic N) is 1. The molecule has 0 spiro atoms. The Kier molecular flexibility index (Phi) is 4.84. The van der Waals surface area contributed by atoms with Gasteiger partial charge in [-0.2, -0.15) is 0 Å². The maximum absolute atomic E-state index is 11.4. The minimum absolute atomic E-state index is 0.352. The van der Waals surface area contributed by atoms with Gasteiger partial charge in [0, 0.05) is 11.5 Å². The molecule has 2 N–H and O–H groups in total. The molecular formula is C11H14N2O3S. The van der Waals surface area contributed by atoms with Gasteiger partial charge in [-0.3, -0.25) is 4.79 Å². The van der Waals surface area contributed by atoms with Crippen LogP contribution in [0.25, 0.3) is 6.08 Å². The second-order valence-corrected chi connectivity index (χ2v) is 4.49. The van der Waals surface area contributed by atoms with Crippen molar-refractivity contribution in [1.82, 2.24) is 10.3 Å². The Morgan fingerprint density at radius 2 is 2.35 bits per heavy atom. The molecule has 0 aromatic carbocycles. The van der Waals surface area contributed by atoms with Crippen molar-refractivity contribution in [3.8, 4) is 0 Å². The molecule has 1 rings (SSSR count). The Hall–Kier alpha value is -1.69. The predicted molar refractivity (Wildman–Crippen MR) is 65.7 cm³/mol. The van der Waals surface area contributed by atoms with E-state index < -0.39 is 17.9 Å². The molecular weight excluding hydrogens is 240 g/mol. The summed E-state index contributed by atoms with van der Waals surface area (Å²) in [6.45, 7) is 3.58. The summed E-state index contributed by atoms with van der Waals surface area (Å²) >= 11 is 1.49. The molecule has 5 nitrogen and oxygen atoms in total. The maximum atomic E-state index is 11.4. The van der Waals surface area contributed by atoms with Crippen LogP contribution in [0, 0.1) is 6.92 Å². The van der Waals surface area contributed by atoms with E-state index in [0.717, 1.165) is 5.01 Å². The van der Waals surface area contributed by atoms with E-state index in [9.17, 15) is 9.59 Å². The minimum atomic E-state index is -1.03. The van der Waals surface area contributed by atoms with E-state index in [-0.39, 0.29) is 0 Å². The smallest absolute Gasteiger partial charge is 0.326 e. The van der Waals surface area contributed by atoms with Gasteiger partial charge in [-0.25, -0.2) is 9.78 Å². The first-order chi connectivity index (χ1) is 8.02. The summed E-state index contributed by atoms with van der Waals surface area (Å²) in [6, 6.07) is -0.843. The Bertz CT molecular complexity index is 440. The summed E-state index contributed by atoms with van der Waals surface area (Å²) in [7, 11) is 0. The Labute approximate surface area is 103 Å². The van der Waals surface area contributed by atoms with E-state index in [1.54, 1.807) is 13.0 Å². The maximum Gasteiger partial charge on any atom is 0.326 e. The largest absolute Gasteiger partial charge is 0.480 e. The molecule has 17 heavy (non-hydrogen) atoms. The van der Waals surface area contributed by atoms with Crippen LogP contribution in [0.2, 0.25) is 0 Å². The number of rotatable bonds is 5. The average Bonchev–Trinajstić information content (AvgIpc) is 2.68. The summed E-state index contributed by atoms with van der Waals surface area (Å²) in [4.78, 5) is 26.3. The third-order valence-electron chi connectivity index (χ3n) is 2.07. The molecule has 0 bridgehead atoms. The van der Waals surface area contributed by atoms with Crippen molar-refractivity contribution in [3.05, 3.63) is 22.2 Å². The second-order valence-electron chi connectivity index (χ2n) is 3.43. The van der Waals surface area contributed by atoms with E-state index in [2.05, 4.69) is 10.3 Å². The molecule has 0 saturated heterocycles. The van der Waals surface area contributed by atoms with Crippen LogP contribution in [0.15, 0.2) is 11.5 Å². The van der Waals surface area contributed by atoms with Crippen LogP contribution >= 0.6 is 11.3 Å². The lowest BCUT2D eigenvalue weighted by Gasteiger charge is -2.09. The zero-order valence-corrected chi connectivity index (χ0v) is 10.5. The number of carbonyl (C=O) groups is 2. The van der Waals surface area contributed by atoms with Crippen molar-refractivity contribution in [2.75, 3.05) is 0 Å². The number of carboxylic acids is 1. The molecule has 0 aliphatic carbocycles. The number of aromatic nitrogens is 1. The molecule has 1 amide bonds. The van der Waals surface area contributed by atoms with Crippen LogP contribution in [0.4, 0.5) is 0 Å². The van der Waals surface area contributed by atoms with Crippen molar-refractivity contribution >= 4 is 29.3 Å². The number of aryl methyl sites for hydroxylation is 1. The predicted octanol–water partition coefficient (Wildman–Crippen LogP) is 1.44. The normalized spacial score (nSPS) is 12.6. The molecule has 0 unspecified atom stereocenters. The SMILES string of the molecule is CC[C@@H](NC(=O)C=Cc1csc(C)n1)C(=O)O. The molecule has 0 fully saturated rings. The number of amides is 1. The molecule has 1 aromatic rings. The molecule has 0 saturated carbocycles. The quantitative estimate of drug-likeness (QED) is 0.779. The molecule has 92 valence electrons. The monoisotopic (exact) mass is 254 g/mol. The van der Waals surface area contributed by atoms with Crippen LogP contribution in [0.3, 0.4) is 0 Å². The van der Waals surface area contributed by atoms with Gasteiger partial charge < -0.3 is 10.4 Å². The van der Waals surface area contributed by atoms with Crippen LogP contribution in [-0.4, -0.2) is 28.0 Å². The lowest BCUT2D eigenvalue weighted by Crippen LogP contribution is -2.39. The van der Waals surface area contributed by atoms with Crippen molar-refractivity contribution < 1.29 is 14.7 Å². The number of nitrogens with one attached hydrogen (secondary N) is 1. The van der Waals surface area contributed by atoms with Crippen LogP contribution in [0.5, 0.6) is 0 Å². The molecule has 0 radical (unpaired) electrons. The third-order valence-corrected chi connectivity index (χ3v) is 2.86. The molecule has 1 aromatic heterocycles. The number of carboxylic acid groups (broad SMARTS) is 1. The highest BCUT2D eigenvalue weighted by molar-refractivity contribution is 7.09. The number of hydrogen-bond acceptors (Lipinski definition) is 4. The van der Waals surface area contributed by atoms with Gasteiger partial charge in [-0.05, 0) is 19.4 Å². The number of thiazole rings is 1. The van der Waals surface area contributed by atoms with E-state index >= 15 is 0 Å². The van der Waals surface area contributed by atoms with Crippen LogP contribution < -0.4 is 5.32 Å². The second kappa shape index (κ2) is 6.15. The first kappa shape index (κ1) is 13.4. The van der Waals surface area contributed by atoms with E-state index in [1.165, 1.54) is 17.4 Å². The first-order valence-corrected chi connectivity index (χ1v) is 6.04. The van der Waals surface area contributed by atoms with Gasteiger partial charge in [0.15, 0.2) is 0 Å². The number of aliphatic carboxylic acids is 1. The topological polar surface area (TPSA) is 79.3 Å². The van der Waals surface area contributed by atoms with Crippen molar-refractivity contribution in [1.29, 1.82) is 0 Å². The van der Waals surface area contributed by atoms with Gasteiger partial charge in [0.25, 0.3) is 0 Å². The summed E-state index contributed by atoms with van der Waals surface area (Å²) in [5, 5.41) is 13.9. The van der Waals surface area contributed by atoms with Gasteiger partial charge in [-0.1, -0.05) is 6.92 Å². The van der Waals surface area contributed by atoms with Crippen molar-refractivity contribution in [2.24, 2.45) is 0 Å². The van der Waals surface area contributed by atoms with Gasteiger partial charge >= 0.3 is 5.97 Å².